The van der Waals surface area contributed by atoms with Crippen LogP contribution in [0.1, 0.15) is 35.9 Å². The third kappa shape index (κ3) is 4.36. The summed E-state index contributed by atoms with van der Waals surface area (Å²) in [7, 11) is 3.67. The lowest BCUT2D eigenvalue weighted by atomic mass is 10.1. The number of nitrogens with zero attached hydrogens (tertiary/aromatic N) is 4. The number of oxazole rings is 1. The van der Waals surface area contributed by atoms with Gasteiger partial charge in [-0.25, -0.2) is 9.78 Å². The lowest BCUT2D eigenvalue weighted by Gasteiger charge is -2.11. The Labute approximate surface area is 189 Å². The Morgan fingerprint density at radius 2 is 1.91 bits per heavy atom. The molecule has 168 valence electrons. The van der Waals surface area contributed by atoms with Crippen molar-refractivity contribution in [2.45, 2.75) is 19.8 Å². The highest BCUT2D eigenvalue weighted by Gasteiger charge is 2.21. The molecule has 4 rings (SSSR count). The zero-order valence-electron chi connectivity index (χ0n) is 18.5. The second-order valence-electron chi connectivity index (χ2n) is 7.59. The third-order valence-corrected chi connectivity index (χ3v) is 4.95. The van der Waals surface area contributed by atoms with Gasteiger partial charge in [-0.3, -0.25) is 0 Å². The summed E-state index contributed by atoms with van der Waals surface area (Å²) >= 11 is 0. The maximum absolute atomic E-state index is 12.3. The minimum atomic E-state index is -0.766. The van der Waals surface area contributed by atoms with Crippen LogP contribution in [-0.4, -0.2) is 41.7 Å². The van der Waals surface area contributed by atoms with Crippen LogP contribution in [0.15, 0.2) is 40.8 Å². The monoisotopic (exact) mass is 446 g/mol. The SMILES string of the molecule is CCCCOC(=O)c1nc(C#N)c2cc(Oc3ccc4oc(N(C)C)nc4c3)ccc2c1O. The number of carbonyl (C=O) groups excluding carboxylic acids is 1. The molecule has 0 bridgehead atoms. The van der Waals surface area contributed by atoms with Crippen LogP contribution in [-0.2, 0) is 4.74 Å². The summed E-state index contributed by atoms with van der Waals surface area (Å²) in [6, 6.07) is 12.5. The van der Waals surface area contributed by atoms with E-state index in [4.69, 9.17) is 13.9 Å². The van der Waals surface area contributed by atoms with Crippen molar-refractivity contribution in [3.8, 4) is 23.3 Å². The fourth-order valence-corrected chi connectivity index (χ4v) is 3.23. The molecule has 0 aliphatic carbocycles. The van der Waals surface area contributed by atoms with E-state index in [2.05, 4.69) is 9.97 Å². The number of aromatic hydroxyl groups is 1. The van der Waals surface area contributed by atoms with Crippen molar-refractivity contribution in [2.24, 2.45) is 0 Å². The number of nitriles is 1. The number of pyridine rings is 1. The molecule has 0 unspecified atom stereocenters. The minimum absolute atomic E-state index is 0.0155. The first-order chi connectivity index (χ1) is 15.9. The van der Waals surface area contributed by atoms with E-state index in [-0.39, 0.29) is 23.7 Å². The van der Waals surface area contributed by atoms with Gasteiger partial charge in [0.25, 0.3) is 6.01 Å². The van der Waals surface area contributed by atoms with Crippen LogP contribution in [0.2, 0.25) is 0 Å². The number of esters is 1. The van der Waals surface area contributed by atoms with Crippen molar-refractivity contribution in [2.75, 3.05) is 25.6 Å². The fraction of sp³-hybridized carbons (Fsp3) is 0.250. The van der Waals surface area contributed by atoms with Gasteiger partial charge in [-0.05, 0) is 36.8 Å². The van der Waals surface area contributed by atoms with Crippen molar-refractivity contribution in [1.29, 1.82) is 5.26 Å². The second-order valence-corrected chi connectivity index (χ2v) is 7.59. The molecule has 0 saturated heterocycles. The molecule has 0 saturated carbocycles. The average Bonchev–Trinajstić information content (AvgIpc) is 3.23. The third-order valence-electron chi connectivity index (χ3n) is 4.95. The van der Waals surface area contributed by atoms with E-state index >= 15 is 0 Å². The molecular formula is C24H22N4O5. The Bertz CT molecular complexity index is 1390. The van der Waals surface area contributed by atoms with Crippen LogP contribution in [0.4, 0.5) is 6.01 Å². The Kier molecular flexibility index (Phi) is 6.00. The molecular weight excluding hydrogens is 424 g/mol. The summed E-state index contributed by atoms with van der Waals surface area (Å²) in [6.45, 7) is 2.19. The highest BCUT2D eigenvalue weighted by Crippen LogP contribution is 2.34. The van der Waals surface area contributed by atoms with E-state index in [1.807, 2.05) is 27.1 Å². The average molecular weight is 446 g/mol. The van der Waals surface area contributed by atoms with Crippen LogP contribution in [0.5, 0.6) is 17.2 Å². The number of rotatable bonds is 7. The van der Waals surface area contributed by atoms with Crippen molar-refractivity contribution in [3.63, 3.8) is 0 Å². The molecule has 4 aromatic rings. The van der Waals surface area contributed by atoms with E-state index in [1.165, 1.54) is 0 Å². The van der Waals surface area contributed by atoms with Gasteiger partial charge < -0.3 is 23.9 Å². The summed E-state index contributed by atoms with van der Waals surface area (Å²) in [5.74, 6) is -0.156. The first-order valence-corrected chi connectivity index (χ1v) is 10.4. The molecule has 33 heavy (non-hydrogen) atoms. The summed E-state index contributed by atoms with van der Waals surface area (Å²) in [6.07, 6.45) is 1.56. The molecule has 0 spiro atoms. The van der Waals surface area contributed by atoms with Gasteiger partial charge in [-0.1, -0.05) is 13.3 Å². The number of carbonyl (C=O) groups is 1. The summed E-state index contributed by atoms with van der Waals surface area (Å²) in [4.78, 5) is 22.5. The molecule has 0 amide bonds. The summed E-state index contributed by atoms with van der Waals surface area (Å²) < 4.78 is 16.7. The number of aromatic nitrogens is 2. The van der Waals surface area contributed by atoms with Gasteiger partial charge in [0.05, 0.1) is 6.61 Å². The van der Waals surface area contributed by atoms with E-state index < -0.39 is 5.97 Å². The van der Waals surface area contributed by atoms with Crippen molar-refractivity contribution >= 4 is 33.9 Å². The first kappa shape index (κ1) is 21.9. The lowest BCUT2D eigenvalue weighted by molar-refractivity contribution is 0.0489. The molecule has 0 radical (unpaired) electrons. The van der Waals surface area contributed by atoms with Gasteiger partial charge in [0.2, 0.25) is 0 Å². The number of hydrogen-bond donors (Lipinski definition) is 1. The molecule has 0 fully saturated rings. The van der Waals surface area contributed by atoms with E-state index in [0.29, 0.717) is 45.8 Å². The summed E-state index contributed by atoms with van der Waals surface area (Å²) in [5.41, 5.74) is 0.972. The molecule has 2 heterocycles. The maximum Gasteiger partial charge on any atom is 0.360 e. The number of fused-ring (bicyclic) bond motifs is 2. The quantitative estimate of drug-likeness (QED) is 0.316. The van der Waals surface area contributed by atoms with Crippen LogP contribution >= 0.6 is 0 Å². The molecule has 2 aromatic heterocycles. The number of anilines is 1. The minimum Gasteiger partial charge on any atom is -0.505 e. The standard InChI is InChI=1S/C24H22N4O5/c1-4-5-10-31-23(30)21-22(29)16-8-6-14(11-17(16)19(13-25)26-21)32-15-7-9-20-18(12-15)27-24(33-20)28(2)3/h6-9,11-12,29H,4-5,10H2,1-3H3. The summed E-state index contributed by atoms with van der Waals surface area (Å²) in [5, 5.41) is 20.9. The van der Waals surface area contributed by atoms with Crippen LogP contribution in [0.25, 0.3) is 21.9 Å². The Morgan fingerprint density at radius 1 is 1.15 bits per heavy atom. The second kappa shape index (κ2) is 9.04. The van der Waals surface area contributed by atoms with Crippen LogP contribution in [0.3, 0.4) is 0 Å². The first-order valence-electron chi connectivity index (χ1n) is 10.4. The van der Waals surface area contributed by atoms with Gasteiger partial charge in [0.15, 0.2) is 17.0 Å². The zero-order valence-corrected chi connectivity index (χ0v) is 18.5. The predicted molar refractivity (Wildman–Crippen MR) is 122 cm³/mol. The Morgan fingerprint density at radius 3 is 2.64 bits per heavy atom. The van der Waals surface area contributed by atoms with E-state index in [9.17, 15) is 15.2 Å². The van der Waals surface area contributed by atoms with Gasteiger partial charge in [-0.15, -0.1) is 0 Å². The number of hydrogen-bond acceptors (Lipinski definition) is 9. The zero-order chi connectivity index (χ0) is 23.5. The van der Waals surface area contributed by atoms with Gasteiger partial charge in [0.1, 0.15) is 28.8 Å². The number of benzene rings is 2. The highest BCUT2D eigenvalue weighted by atomic mass is 16.5. The Balaban J connectivity index is 1.66. The normalized spacial score (nSPS) is 10.8. The fourth-order valence-electron chi connectivity index (χ4n) is 3.23. The van der Waals surface area contributed by atoms with E-state index in [0.717, 1.165) is 6.42 Å². The molecule has 2 aromatic carbocycles. The largest absolute Gasteiger partial charge is 0.505 e. The number of ether oxygens (including phenoxy) is 2. The molecule has 0 aliphatic heterocycles. The Hall–Kier alpha value is -4.32. The predicted octanol–water partition coefficient (Wildman–Crippen LogP) is 4.77. The smallest absolute Gasteiger partial charge is 0.360 e. The topological polar surface area (TPSA) is 122 Å². The van der Waals surface area contributed by atoms with Gasteiger partial charge >= 0.3 is 5.97 Å². The lowest BCUT2D eigenvalue weighted by Crippen LogP contribution is -2.10. The van der Waals surface area contributed by atoms with Gasteiger partial charge in [0, 0.05) is 30.9 Å². The molecule has 0 atom stereocenters. The van der Waals surface area contributed by atoms with E-state index in [1.54, 1.807) is 41.3 Å². The van der Waals surface area contributed by atoms with Crippen LogP contribution < -0.4 is 9.64 Å². The molecule has 0 aliphatic rings. The maximum atomic E-state index is 12.3. The van der Waals surface area contributed by atoms with Crippen molar-refractivity contribution in [1.82, 2.24) is 9.97 Å². The molecule has 9 heteroatoms. The van der Waals surface area contributed by atoms with Crippen molar-refractivity contribution < 1.29 is 23.8 Å². The molecule has 9 nitrogen and oxygen atoms in total. The van der Waals surface area contributed by atoms with Crippen LogP contribution in [0, 0.1) is 11.3 Å². The number of unbranched alkanes of at least 4 members (excludes halogenated alkanes) is 1. The van der Waals surface area contributed by atoms with Crippen molar-refractivity contribution in [3.05, 3.63) is 47.8 Å². The molecule has 1 N–H and O–H groups in total. The highest BCUT2D eigenvalue weighted by molar-refractivity contribution is 6.01. The van der Waals surface area contributed by atoms with Gasteiger partial charge in [-0.2, -0.15) is 10.2 Å².